The fourth-order valence-corrected chi connectivity index (χ4v) is 3.20. The molecule has 1 aliphatic rings. The first-order valence-corrected chi connectivity index (χ1v) is 7.60. The molecule has 1 aliphatic carbocycles. The smallest absolute Gasteiger partial charge is 0.323 e. The van der Waals surface area contributed by atoms with Crippen LogP contribution in [0.5, 0.6) is 0 Å². The van der Waals surface area contributed by atoms with Crippen LogP contribution in [0.2, 0.25) is 0 Å². The molecule has 20 heavy (non-hydrogen) atoms. The van der Waals surface area contributed by atoms with Crippen LogP contribution in [0.15, 0.2) is 0 Å². The SMILES string of the molecule is CN(CCCC(=O)O)C(=O)Nc1nc2c(s1)CCCC2. The molecule has 1 heterocycles. The number of hydrogen-bond donors (Lipinski definition) is 2. The lowest BCUT2D eigenvalue weighted by Gasteiger charge is -2.16. The van der Waals surface area contributed by atoms with E-state index in [-0.39, 0.29) is 12.5 Å². The molecule has 0 atom stereocenters. The number of fused-ring (bicyclic) bond motifs is 1. The van der Waals surface area contributed by atoms with Gasteiger partial charge in [0.1, 0.15) is 0 Å². The van der Waals surface area contributed by atoms with Gasteiger partial charge in [-0.05, 0) is 32.1 Å². The first kappa shape index (κ1) is 14.8. The van der Waals surface area contributed by atoms with Crippen molar-refractivity contribution < 1.29 is 14.7 Å². The molecule has 0 unspecified atom stereocenters. The van der Waals surface area contributed by atoms with E-state index < -0.39 is 5.97 Å². The Bertz CT molecular complexity index is 478. The summed E-state index contributed by atoms with van der Waals surface area (Å²) < 4.78 is 0. The average molecular weight is 297 g/mol. The van der Waals surface area contributed by atoms with Crippen molar-refractivity contribution in [2.24, 2.45) is 0 Å². The van der Waals surface area contributed by atoms with Gasteiger partial charge in [0, 0.05) is 24.9 Å². The summed E-state index contributed by atoms with van der Waals surface area (Å²) >= 11 is 1.55. The first-order chi connectivity index (χ1) is 9.56. The second-order valence-electron chi connectivity index (χ2n) is 4.94. The molecule has 0 aromatic carbocycles. The molecule has 0 aliphatic heterocycles. The fraction of sp³-hybridized carbons (Fsp3) is 0.615. The van der Waals surface area contributed by atoms with Crippen LogP contribution in [0, 0.1) is 0 Å². The molecule has 1 aromatic heterocycles. The highest BCUT2D eigenvalue weighted by atomic mass is 32.1. The zero-order chi connectivity index (χ0) is 14.5. The molecular formula is C13H19N3O3S. The van der Waals surface area contributed by atoms with E-state index >= 15 is 0 Å². The maximum atomic E-state index is 11.9. The number of nitrogens with one attached hydrogen (secondary N) is 1. The van der Waals surface area contributed by atoms with Gasteiger partial charge in [0.25, 0.3) is 0 Å². The number of hydrogen-bond acceptors (Lipinski definition) is 4. The van der Waals surface area contributed by atoms with Gasteiger partial charge in [0.2, 0.25) is 0 Å². The second kappa shape index (κ2) is 6.69. The summed E-state index contributed by atoms with van der Waals surface area (Å²) in [6.07, 6.45) is 4.93. The molecule has 0 spiro atoms. The summed E-state index contributed by atoms with van der Waals surface area (Å²) in [4.78, 5) is 29.6. The van der Waals surface area contributed by atoms with E-state index in [2.05, 4.69) is 10.3 Å². The monoisotopic (exact) mass is 297 g/mol. The van der Waals surface area contributed by atoms with Crippen LogP contribution in [0.25, 0.3) is 0 Å². The van der Waals surface area contributed by atoms with Crippen LogP contribution in [0.1, 0.15) is 36.3 Å². The van der Waals surface area contributed by atoms with E-state index in [4.69, 9.17) is 5.11 Å². The van der Waals surface area contributed by atoms with Gasteiger partial charge in [-0.25, -0.2) is 9.78 Å². The molecule has 0 radical (unpaired) electrons. The molecule has 2 rings (SSSR count). The Labute approximate surface area is 121 Å². The fourth-order valence-electron chi connectivity index (χ4n) is 2.16. The first-order valence-electron chi connectivity index (χ1n) is 6.79. The lowest BCUT2D eigenvalue weighted by Crippen LogP contribution is -2.32. The van der Waals surface area contributed by atoms with Crippen LogP contribution in [0.4, 0.5) is 9.93 Å². The maximum absolute atomic E-state index is 11.9. The summed E-state index contributed by atoms with van der Waals surface area (Å²) in [5, 5.41) is 12.0. The third kappa shape index (κ3) is 3.93. The van der Waals surface area contributed by atoms with Crippen molar-refractivity contribution in [1.82, 2.24) is 9.88 Å². The molecule has 7 heteroatoms. The highest BCUT2D eigenvalue weighted by molar-refractivity contribution is 7.15. The third-order valence-electron chi connectivity index (χ3n) is 3.29. The Balaban J connectivity index is 1.84. The molecule has 1 aromatic rings. The molecule has 0 saturated carbocycles. The molecule has 2 N–H and O–H groups in total. The quantitative estimate of drug-likeness (QED) is 0.874. The highest BCUT2D eigenvalue weighted by Crippen LogP contribution is 2.29. The summed E-state index contributed by atoms with van der Waals surface area (Å²) in [6.45, 7) is 0.420. The van der Waals surface area contributed by atoms with Crippen LogP contribution in [-0.2, 0) is 17.6 Å². The van der Waals surface area contributed by atoms with E-state index in [1.807, 2.05) is 0 Å². The van der Waals surface area contributed by atoms with E-state index in [1.165, 1.54) is 22.6 Å². The Morgan fingerprint density at radius 1 is 1.40 bits per heavy atom. The van der Waals surface area contributed by atoms with Gasteiger partial charge >= 0.3 is 12.0 Å². The Kier molecular flexibility index (Phi) is 4.94. The average Bonchev–Trinajstić information content (AvgIpc) is 2.80. The van der Waals surface area contributed by atoms with Crippen LogP contribution in [-0.4, -0.2) is 40.6 Å². The Morgan fingerprint density at radius 3 is 2.85 bits per heavy atom. The van der Waals surface area contributed by atoms with Crippen molar-refractivity contribution in [3.63, 3.8) is 0 Å². The molecule has 6 nitrogen and oxygen atoms in total. The van der Waals surface area contributed by atoms with Gasteiger partial charge < -0.3 is 10.0 Å². The molecule has 110 valence electrons. The Morgan fingerprint density at radius 2 is 2.15 bits per heavy atom. The minimum atomic E-state index is -0.841. The maximum Gasteiger partial charge on any atom is 0.323 e. The second-order valence-corrected chi connectivity index (χ2v) is 6.03. The summed E-state index contributed by atoms with van der Waals surface area (Å²) in [7, 11) is 1.66. The van der Waals surface area contributed by atoms with Crippen molar-refractivity contribution in [2.45, 2.75) is 38.5 Å². The number of carbonyl (C=O) groups is 2. The van der Waals surface area contributed by atoms with Gasteiger partial charge in [-0.15, -0.1) is 11.3 Å². The number of aromatic nitrogens is 1. The van der Waals surface area contributed by atoms with Gasteiger partial charge in [-0.3, -0.25) is 10.1 Å². The number of rotatable bonds is 5. The lowest BCUT2D eigenvalue weighted by atomic mass is 10.0. The summed E-state index contributed by atoms with van der Waals surface area (Å²) in [5.74, 6) is -0.841. The predicted octanol–water partition coefficient (Wildman–Crippen LogP) is 2.35. The van der Waals surface area contributed by atoms with Crippen molar-refractivity contribution >= 4 is 28.5 Å². The van der Waals surface area contributed by atoms with Crippen molar-refractivity contribution in [2.75, 3.05) is 18.9 Å². The normalized spacial score (nSPS) is 13.7. The van der Waals surface area contributed by atoms with Gasteiger partial charge in [0.15, 0.2) is 5.13 Å². The minimum absolute atomic E-state index is 0.0726. The number of thiazole rings is 1. The largest absolute Gasteiger partial charge is 0.481 e. The number of carbonyl (C=O) groups excluding carboxylic acids is 1. The van der Waals surface area contributed by atoms with E-state index in [0.717, 1.165) is 18.5 Å². The highest BCUT2D eigenvalue weighted by Gasteiger charge is 2.17. The summed E-state index contributed by atoms with van der Waals surface area (Å²) in [5.41, 5.74) is 1.12. The topological polar surface area (TPSA) is 82.5 Å². The zero-order valence-corrected chi connectivity index (χ0v) is 12.3. The molecule has 0 fully saturated rings. The van der Waals surface area contributed by atoms with Crippen molar-refractivity contribution in [3.05, 3.63) is 10.6 Å². The number of carboxylic acids is 1. The van der Waals surface area contributed by atoms with E-state index in [0.29, 0.717) is 18.1 Å². The van der Waals surface area contributed by atoms with Crippen LogP contribution < -0.4 is 5.32 Å². The number of nitrogens with zero attached hydrogens (tertiary/aromatic N) is 2. The van der Waals surface area contributed by atoms with Gasteiger partial charge in [-0.2, -0.15) is 0 Å². The lowest BCUT2D eigenvalue weighted by molar-refractivity contribution is -0.137. The predicted molar refractivity (Wildman–Crippen MR) is 77.3 cm³/mol. The van der Waals surface area contributed by atoms with Crippen LogP contribution >= 0.6 is 11.3 Å². The van der Waals surface area contributed by atoms with Gasteiger partial charge in [0.05, 0.1) is 5.69 Å². The van der Waals surface area contributed by atoms with Crippen molar-refractivity contribution in [3.8, 4) is 0 Å². The number of carboxylic acid groups (broad SMARTS) is 1. The third-order valence-corrected chi connectivity index (χ3v) is 4.36. The molecular weight excluding hydrogens is 278 g/mol. The number of anilines is 1. The number of aliphatic carboxylic acids is 1. The van der Waals surface area contributed by atoms with Gasteiger partial charge in [-0.1, -0.05) is 0 Å². The molecule has 0 bridgehead atoms. The Hall–Kier alpha value is -1.63. The van der Waals surface area contributed by atoms with Crippen molar-refractivity contribution in [1.29, 1.82) is 0 Å². The number of amides is 2. The minimum Gasteiger partial charge on any atom is -0.481 e. The molecule has 2 amide bonds. The zero-order valence-electron chi connectivity index (χ0n) is 11.5. The van der Waals surface area contributed by atoms with Crippen LogP contribution in [0.3, 0.4) is 0 Å². The molecule has 0 saturated heterocycles. The standard InChI is InChI=1S/C13H19N3O3S/c1-16(8-4-7-11(17)18)13(19)15-12-14-9-5-2-3-6-10(9)20-12/h2-8H2,1H3,(H,17,18)(H,14,15,19). The van der Waals surface area contributed by atoms with E-state index in [1.54, 1.807) is 18.4 Å². The van der Waals surface area contributed by atoms with E-state index in [9.17, 15) is 9.59 Å². The summed E-state index contributed by atoms with van der Waals surface area (Å²) in [6, 6.07) is -0.235. The number of urea groups is 1. The number of aryl methyl sites for hydroxylation is 2.